The van der Waals surface area contributed by atoms with Crippen LogP contribution in [0.5, 0.6) is 0 Å². The number of nitrogens with zero attached hydrogens (tertiary/aromatic N) is 1. The van der Waals surface area contributed by atoms with Gasteiger partial charge in [0.15, 0.2) is 0 Å². The Morgan fingerprint density at radius 3 is 2.40 bits per heavy atom. The molecule has 1 heterocycles. The molecular weight excluding hydrogens is 186 g/mol. The number of rotatable bonds is 6. The second-order valence-corrected chi connectivity index (χ2v) is 5.43. The minimum absolute atomic E-state index is 0.547. The Bertz CT molecular complexity index is 162. The fourth-order valence-electron chi connectivity index (χ4n) is 1.94. The minimum atomic E-state index is 0.547. The molecular formula is C13H27NO. The van der Waals surface area contributed by atoms with Crippen LogP contribution in [-0.2, 0) is 4.74 Å². The topological polar surface area (TPSA) is 12.5 Å². The first kappa shape index (κ1) is 13.0. The predicted molar refractivity (Wildman–Crippen MR) is 65.2 cm³/mol. The molecule has 90 valence electrons. The summed E-state index contributed by atoms with van der Waals surface area (Å²) in [6, 6.07) is 0. The van der Waals surface area contributed by atoms with Gasteiger partial charge in [-0.05, 0) is 24.8 Å². The van der Waals surface area contributed by atoms with Crippen LogP contribution >= 0.6 is 0 Å². The molecule has 0 aromatic heterocycles. The van der Waals surface area contributed by atoms with Gasteiger partial charge in [0.2, 0.25) is 0 Å². The molecule has 0 bridgehead atoms. The lowest BCUT2D eigenvalue weighted by molar-refractivity contribution is 0.0368. The quantitative estimate of drug-likeness (QED) is 0.629. The van der Waals surface area contributed by atoms with Crippen molar-refractivity contribution in [3.8, 4) is 0 Å². The van der Waals surface area contributed by atoms with E-state index in [9.17, 15) is 0 Å². The maximum absolute atomic E-state index is 5.34. The largest absolute Gasteiger partial charge is 0.379 e. The summed E-state index contributed by atoms with van der Waals surface area (Å²) in [5.74, 6) is 0. The fourth-order valence-corrected chi connectivity index (χ4v) is 1.94. The van der Waals surface area contributed by atoms with Crippen LogP contribution in [0.3, 0.4) is 0 Å². The molecule has 0 radical (unpaired) electrons. The van der Waals surface area contributed by atoms with E-state index < -0.39 is 0 Å². The Balaban J connectivity index is 2.00. The molecule has 15 heavy (non-hydrogen) atoms. The van der Waals surface area contributed by atoms with Crippen molar-refractivity contribution < 1.29 is 4.74 Å². The average molecular weight is 213 g/mol. The van der Waals surface area contributed by atoms with Crippen LogP contribution in [0, 0.1) is 5.41 Å². The summed E-state index contributed by atoms with van der Waals surface area (Å²) in [5, 5.41) is 0. The average Bonchev–Trinajstić information content (AvgIpc) is 2.26. The van der Waals surface area contributed by atoms with Gasteiger partial charge < -0.3 is 4.74 Å². The van der Waals surface area contributed by atoms with Crippen LogP contribution in [0.4, 0.5) is 0 Å². The van der Waals surface area contributed by atoms with Crippen LogP contribution < -0.4 is 0 Å². The molecule has 0 unspecified atom stereocenters. The van der Waals surface area contributed by atoms with Crippen LogP contribution in [0.2, 0.25) is 0 Å². The van der Waals surface area contributed by atoms with Crippen LogP contribution in [0.1, 0.15) is 46.5 Å². The van der Waals surface area contributed by atoms with Gasteiger partial charge in [-0.15, -0.1) is 0 Å². The summed E-state index contributed by atoms with van der Waals surface area (Å²) in [5.41, 5.74) is 0.547. The van der Waals surface area contributed by atoms with E-state index in [0.717, 1.165) is 26.3 Å². The van der Waals surface area contributed by atoms with E-state index in [1.165, 1.54) is 32.2 Å². The molecule has 0 aliphatic carbocycles. The van der Waals surface area contributed by atoms with Gasteiger partial charge in [0.25, 0.3) is 0 Å². The number of hydrogen-bond acceptors (Lipinski definition) is 2. The molecule has 0 atom stereocenters. The van der Waals surface area contributed by atoms with E-state index in [1.807, 2.05) is 0 Å². The number of unbranched alkanes of at least 4 members (excludes halogenated alkanes) is 1. The highest BCUT2D eigenvalue weighted by molar-refractivity contribution is 4.67. The second kappa shape index (κ2) is 6.49. The van der Waals surface area contributed by atoms with Crippen molar-refractivity contribution in [3.63, 3.8) is 0 Å². The van der Waals surface area contributed by atoms with Gasteiger partial charge in [-0.2, -0.15) is 0 Å². The van der Waals surface area contributed by atoms with Crippen molar-refractivity contribution in [2.75, 3.05) is 32.8 Å². The van der Waals surface area contributed by atoms with Crippen molar-refractivity contribution in [2.45, 2.75) is 46.5 Å². The van der Waals surface area contributed by atoms with Crippen LogP contribution in [0.15, 0.2) is 0 Å². The highest BCUT2D eigenvalue weighted by Crippen LogP contribution is 2.26. The van der Waals surface area contributed by atoms with Gasteiger partial charge in [-0.25, -0.2) is 0 Å². The molecule has 0 saturated carbocycles. The molecule has 1 rings (SSSR count). The van der Waals surface area contributed by atoms with E-state index in [2.05, 4.69) is 25.7 Å². The van der Waals surface area contributed by atoms with Gasteiger partial charge in [-0.1, -0.05) is 33.6 Å². The summed E-state index contributed by atoms with van der Waals surface area (Å²) in [7, 11) is 0. The smallest absolute Gasteiger partial charge is 0.0594 e. The standard InChI is InChI=1S/C13H27NO/c1-4-13(2,3)7-5-6-8-14-9-11-15-12-10-14/h4-12H2,1-3H3. The lowest BCUT2D eigenvalue weighted by Crippen LogP contribution is -2.36. The first-order valence-corrected chi connectivity index (χ1v) is 6.44. The van der Waals surface area contributed by atoms with Crippen molar-refractivity contribution >= 4 is 0 Å². The number of hydrogen-bond donors (Lipinski definition) is 0. The lowest BCUT2D eigenvalue weighted by Gasteiger charge is -2.27. The molecule has 0 amide bonds. The number of ether oxygens (including phenoxy) is 1. The minimum Gasteiger partial charge on any atom is -0.379 e. The molecule has 1 aliphatic rings. The zero-order valence-electron chi connectivity index (χ0n) is 10.7. The maximum Gasteiger partial charge on any atom is 0.0594 e. The molecule has 1 fully saturated rings. The lowest BCUT2D eigenvalue weighted by atomic mass is 9.85. The first-order chi connectivity index (χ1) is 7.14. The summed E-state index contributed by atoms with van der Waals surface area (Å²) in [6.07, 6.45) is 5.39. The molecule has 0 spiro atoms. The normalized spacial score (nSPS) is 19.4. The fraction of sp³-hybridized carbons (Fsp3) is 1.00. The van der Waals surface area contributed by atoms with Gasteiger partial charge in [-0.3, -0.25) is 4.90 Å². The molecule has 1 saturated heterocycles. The third-order valence-electron chi connectivity index (χ3n) is 3.64. The third-order valence-corrected chi connectivity index (χ3v) is 3.64. The predicted octanol–water partition coefficient (Wildman–Crippen LogP) is 2.93. The zero-order chi connectivity index (χ0) is 11.1. The Kier molecular flexibility index (Phi) is 5.62. The number of morpholine rings is 1. The monoisotopic (exact) mass is 213 g/mol. The van der Waals surface area contributed by atoms with Crippen molar-refractivity contribution in [1.82, 2.24) is 4.90 Å². The van der Waals surface area contributed by atoms with Gasteiger partial charge in [0.05, 0.1) is 13.2 Å². The summed E-state index contributed by atoms with van der Waals surface area (Å²) in [6.45, 7) is 12.4. The maximum atomic E-state index is 5.34. The zero-order valence-corrected chi connectivity index (χ0v) is 10.7. The Morgan fingerprint density at radius 2 is 1.80 bits per heavy atom. The SMILES string of the molecule is CCC(C)(C)CCCCN1CCOCC1. The van der Waals surface area contributed by atoms with Gasteiger partial charge >= 0.3 is 0 Å². The van der Waals surface area contributed by atoms with Gasteiger partial charge in [0, 0.05) is 13.1 Å². The van der Waals surface area contributed by atoms with Gasteiger partial charge in [0.1, 0.15) is 0 Å². The summed E-state index contributed by atoms with van der Waals surface area (Å²) < 4.78 is 5.34. The molecule has 2 heteroatoms. The molecule has 0 aromatic carbocycles. The highest BCUT2D eigenvalue weighted by atomic mass is 16.5. The van der Waals surface area contributed by atoms with Crippen LogP contribution in [0.25, 0.3) is 0 Å². The second-order valence-electron chi connectivity index (χ2n) is 5.43. The summed E-state index contributed by atoms with van der Waals surface area (Å²) >= 11 is 0. The first-order valence-electron chi connectivity index (χ1n) is 6.44. The Labute approximate surface area is 95.0 Å². The molecule has 2 nitrogen and oxygen atoms in total. The molecule has 0 aromatic rings. The Morgan fingerprint density at radius 1 is 1.13 bits per heavy atom. The highest BCUT2D eigenvalue weighted by Gasteiger charge is 2.15. The van der Waals surface area contributed by atoms with Crippen molar-refractivity contribution in [3.05, 3.63) is 0 Å². The molecule has 1 aliphatic heterocycles. The third kappa shape index (κ3) is 5.53. The van der Waals surface area contributed by atoms with Crippen LogP contribution in [-0.4, -0.2) is 37.7 Å². The van der Waals surface area contributed by atoms with Crippen molar-refractivity contribution in [2.24, 2.45) is 5.41 Å². The Hall–Kier alpha value is -0.0800. The van der Waals surface area contributed by atoms with E-state index in [0.29, 0.717) is 5.41 Å². The van der Waals surface area contributed by atoms with E-state index in [-0.39, 0.29) is 0 Å². The summed E-state index contributed by atoms with van der Waals surface area (Å²) in [4.78, 5) is 2.53. The van der Waals surface area contributed by atoms with E-state index >= 15 is 0 Å². The molecule has 0 N–H and O–H groups in total. The van der Waals surface area contributed by atoms with E-state index in [1.54, 1.807) is 0 Å². The van der Waals surface area contributed by atoms with E-state index in [4.69, 9.17) is 4.74 Å². The van der Waals surface area contributed by atoms with Crippen molar-refractivity contribution in [1.29, 1.82) is 0 Å².